The van der Waals surface area contributed by atoms with Crippen LogP contribution in [0.15, 0.2) is 36.0 Å². The first kappa shape index (κ1) is 9.65. The van der Waals surface area contributed by atoms with Gasteiger partial charge in [0.25, 0.3) is 0 Å². The third-order valence-electron chi connectivity index (χ3n) is 1.99. The predicted octanol–water partition coefficient (Wildman–Crippen LogP) is 2.84. The summed E-state index contributed by atoms with van der Waals surface area (Å²) in [4.78, 5) is 5.03. The molecule has 2 rings (SSSR count). The fourth-order valence-electron chi connectivity index (χ4n) is 1.26. The van der Waals surface area contributed by atoms with Crippen molar-refractivity contribution in [1.82, 2.24) is 4.98 Å². The van der Waals surface area contributed by atoms with E-state index < -0.39 is 0 Å². The van der Waals surface area contributed by atoms with E-state index in [1.807, 2.05) is 23.6 Å². The molecule has 0 fully saturated rings. The lowest BCUT2D eigenvalue weighted by atomic mass is 10.1. The first-order valence-electron chi connectivity index (χ1n) is 4.17. The van der Waals surface area contributed by atoms with Gasteiger partial charge in [-0.2, -0.15) is 0 Å². The molecular formula is C10H9ClN2S. The normalized spacial score (nSPS) is 12.7. The van der Waals surface area contributed by atoms with Crippen LogP contribution in [0.5, 0.6) is 0 Å². The SMILES string of the molecule is N[C@H](c1cccs1)c1ccncc1Cl. The van der Waals surface area contributed by atoms with Gasteiger partial charge in [-0.3, -0.25) is 4.98 Å². The molecule has 0 saturated carbocycles. The Morgan fingerprint density at radius 2 is 2.29 bits per heavy atom. The highest BCUT2D eigenvalue weighted by molar-refractivity contribution is 7.10. The van der Waals surface area contributed by atoms with E-state index in [1.54, 1.807) is 23.7 Å². The molecule has 0 radical (unpaired) electrons. The monoisotopic (exact) mass is 224 g/mol. The summed E-state index contributed by atoms with van der Waals surface area (Å²) in [5, 5.41) is 2.62. The number of thiophene rings is 1. The second kappa shape index (κ2) is 4.09. The maximum atomic E-state index is 6.06. The predicted molar refractivity (Wildman–Crippen MR) is 59.6 cm³/mol. The van der Waals surface area contributed by atoms with Gasteiger partial charge >= 0.3 is 0 Å². The van der Waals surface area contributed by atoms with Crippen molar-refractivity contribution in [2.75, 3.05) is 0 Å². The Bertz CT molecular complexity index is 414. The van der Waals surface area contributed by atoms with Gasteiger partial charge in [-0.05, 0) is 23.1 Å². The minimum Gasteiger partial charge on any atom is -0.320 e. The fourth-order valence-corrected chi connectivity index (χ4v) is 2.24. The second-order valence-electron chi connectivity index (χ2n) is 2.89. The van der Waals surface area contributed by atoms with Gasteiger partial charge in [-0.15, -0.1) is 11.3 Å². The van der Waals surface area contributed by atoms with Gasteiger partial charge in [0.15, 0.2) is 0 Å². The first-order chi connectivity index (χ1) is 6.79. The summed E-state index contributed by atoms with van der Waals surface area (Å²) in [7, 11) is 0. The summed E-state index contributed by atoms with van der Waals surface area (Å²) in [5.74, 6) is 0. The van der Waals surface area contributed by atoms with Gasteiger partial charge in [-0.1, -0.05) is 17.7 Å². The van der Waals surface area contributed by atoms with Crippen LogP contribution < -0.4 is 5.73 Å². The molecule has 0 aliphatic rings. The Morgan fingerprint density at radius 3 is 2.93 bits per heavy atom. The third kappa shape index (κ3) is 1.80. The Labute approximate surface area is 91.4 Å². The van der Waals surface area contributed by atoms with Crippen molar-refractivity contribution in [3.8, 4) is 0 Å². The average Bonchev–Trinajstić information content (AvgIpc) is 2.70. The molecule has 0 aliphatic heterocycles. The molecule has 0 unspecified atom stereocenters. The molecule has 14 heavy (non-hydrogen) atoms. The van der Waals surface area contributed by atoms with E-state index >= 15 is 0 Å². The topological polar surface area (TPSA) is 38.9 Å². The Kier molecular flexibility index (Phi) is 2.82. The van der Waals surface area contributed by atoms with Crippen LogP contribution in [0.4, 0.5) is 0 Å². The van der Waals surface area contributed by atoms with E-state index in [9.17, 15) is 0 Å². The molecule has 2 aromatic heterocycles. The molecule has 0 aliphatic carbocycles. The Balaban J connectivity index is 2.37. The van der Waals surface area contributed by atoms with Crippen LogP contribution >= 0.6 is 22.9 Å². The van der Waals surface area contributed by atoms with Crippen LogP contribution in [-0.2, 0) is 0 Å². The van der Waals surface area contributed by atoms with Gasteiger partial charge < -0.3 is 5.73 Å². The summed E-state index contributed by atoms with van der Waals surface area (Å²) in [6.45, 7) is 0. The maximum Gasteiger partial charge on any atom is 0.0661 e. The molecule has 4 heteroatoms. The molecule has 1 atom stereocenters. The largest absolute Gasteiger partial charge is 0.320 e. The van der Waals surface area contributed by atoms with Crippen LogP contribution in [0.2, 0.25) is 5.02 Å². The molecule has 0 spiro atoms. The fraction of sp³-hybridized carbons (Fsp3) is 0.100. The maximum absolute atomic E-state index is 6.06. The van der Waals surface area contributed by atoms with Crippen molar-refractivity contribution in [2.45, 2.75) is 6.04 Å². The molecule has 0 saturated heterocycles. The average molecular weight is 225 g/mol. The Morgan fingerprint density at radius 1 is 1.43 bits per heavy atom. The first-order valence-corrected chi connectivity index (χ1v) is 5.43. The zero-order valence-electron chi connectivity index (χ0n) is 7.35. The highest BCUT2D eigenvalue weighted by Crippen LogP contribution is 2.27. The number of nitrogens with zero attached hydrogens (tertiary/aromatic N) is 1. The van der Waals surface area contributed by atoms with Gasteiger partial charge in [0.2, 0.25) is 0 Å². The highest BCUT2D eigenvalue weighted by atomic mass is 35.5. The van der Waals surface area contributed by atoms with Crippen LogP contribution in [0.3, 0.4) is 0 Å². The van der Waals surface area contributed by atoms with Crippen molar-refractivity contribution >= 4 is 22.9 Å². The second-order valence-corrected chi connectivity index (χ2v) is 4.28. The van der Waals surface area contributed by atoms with Gasteiger partial charge in [0.1, 0.15) is 0 Å². The summed E-state index contributed by atoms with van der Waals surface area (Å²) >= 11 is 7.63. The van der Waals surface area contributed by atoms with E-state index in [-0.39, 0.29) is 6.04 Å². The lowest BCUT2D eigenvalue weighted by Gasteiger charge is -2.10. The standard InChI is InChI=1S/C10H9ClN2S/c11-8-6-13-4-3-7(8)10(12)9-2-1-5-14-9/h1-6,10H,12H2/t10-/m0/s1. The van der Waals surface area contributed by atoms with Crippen LogP contribution in [0, 0.1) is 0 Å². The van der Waals surface area contributed by atoms with Crippen molar-refractivity contribution in [3.05, 3.63) is 51.4 Å². The van der Waals surface area contributed by atoms with E-state index in [0.29, 0.717) is 5.02 Å². The quantitative estimate of drug-likeness (QED) is 0.852. The molecule has 0 amide bonds. The van der Waals surface area contributed by atoms with Crippen molar-refractivity contribution < 1.29 is 0 Å². The van der Waals surface area contributed by atoms with Gasteiger partial charge in [0.05, 0.1) is 11.1 Å². The smallest absolute Gasteiger partial charge is 0.0661 e. The lowest BCUT2D eigenvalue weighted by Crippen LogP contribution is -2.10. The Hall–Kier alpha value is -0.900. The number of halogens is 1. The zero-order chi connectivity index (χ0) is 9.97. The van der Waals surface area contributed by atoms with E-state index in [4.69, 9.17) is 17.3 Å². The molecule has 2 N–H and O–H groups in total. The summed E-state index contributed by atoms with van der Waals surface area (Å²) < 4.78 is 0. The van der Waals surface area contributed by atoms with E-state index in [1.165, 1.54) is 0 Å². The minimum atomic E-state index is -0.148. The lowest BCUT2D eigenvalue weighted by molar-refractivity contribution is 0.889. The summed E-state index contributed by atoms with van der Waals surface area (Å²) in [6.07, 6.45) is 3.32. The number of hydrogen-bond donors (Lipinski definition) is 1. The summed E-state index contributed by atoms with van der Waals surface area (Å²) in [6, 6.07) is 5.69. The van der Waals surface area contributed by atoms with Crippen LogP contribution in [0.25, 0.3) is 0 Å². The number of rotatable bonds is 2. The minimum absolute atomic E-state index is 0.148. The molecule has 2 nitrogen and oxygen atoms in total. The summed E-state index contributed by atoms with van der Waals surface area (Å²) in [5.41, 5.74) is 6.98. The van der Waals surface area contributed by atoms with Crippen LogP contribution in [0.1, 0.15) is 16.5 Å². The van der Waals surface area contributed by atoms with Gasteiger partial charge in [-0.25, -0.2) is 0 Å². The zero-order valence-corrected chi connectivity index (χ0v) is 8.92. The molecule has 72 valence electrons. The van der Waals surface area contributed by atoms with Gasteiger partial charge in [0, 0.05) is 17.3 Å². The number of hydrogen-bond acceptors (Lipinski definition) is 3. The van der Waals surface area contributed by atoms with E-state index in [2.05, 4.69) is 4.98 Å². The molecule has 0 aromatic carbocycles. The van der Waals surface area contributed by atoms with Crippen molar-refractivity contribution in [3.63, 3.8) is 0 Å². The van der Waals surface area contributed by atoms with Crippen molar-refractivity contribution in [2.24, 2.45) is 5.73 Å². The van der Waals surface area contributed by atoms with Crippen molar-refractivity contribution in [1.29, 1.82) is 0 Å². The van der Waals surface area contributed by atoms with E-state index in [0.717, 1.165) is 10.4 Å². The molecule has 2 aromatic rings. The third-order valence-corrected chi connectivity index (χ3v) is 3.26. The molecule has 2 heterocycles. The highest BCUT2D eigenvalue weighted by Gasteiger charge is 2.12. The number of pyridine rings is 1. The molecule has 0 bridgehead atoms. The number of nitrogens with two attached hydrogens (primary N) is 1. The van der Waals surface area contributed by atoms with Crippen LogP contribution in [-0.4, -0.2) is 4.98 Å². The number of aromatic nitrogens is 1. The molecular weight excluding hydrogens is 216 g/mol.